The van der Waals surface area contributed by atoms with Gasteiger partial charge in [-0.15, -0.1) is 0 Å². The summed E-state index contributed by atoms with van der Waals surface area (Å²) in [6.07, 6.45) is 0.0496. The number of aliphatic hydroxyl groups is 1. The van der Waals surface area contributed by atoms with Crippen molar-refractivity contribution in [3.8, 4) is 17.2 Å². The zero-order chi connectivity index (χ0) is 21.4. The van der Waals surface area contributed by atoms with Crippen molar-refractivity contribution < 1.29 is 24.1 Å². The summed E-state index contributed by atoms with van der Waals surface area (Å²) in [4.78, 5) is 11.4. The van der Waals surface area contributed by atoms with E-state index in [2.05, 4.69) is 17.6 Å². The molecular formula is C22H30N2O5. The van der Waals surface area contributed by atoms with Gasteiger partial charge in [0.15, 0.2) is 11.5 Å². The maximum Gasteiger partial charge on any atom is 0.221 e. The molecule has 0 fully saturated rings. The van der Waals surface area contributed by atoms with Gasteiger partial charge in [0.2, 0.25) is 5.91 Å². The Morgan fingerprint density at radius 2 is 1.66 bits per heavy atom. The average Bonchev–Trinajstić information content (AvgIpc) is 2.71. The summed E-state index contributed by atoms with van der Waals surface area (Å²) >= 11 is 0. The van der Waals surface area contributed by atoms with Gasteiger partial charge in [0.1, 0.15) is 5.75 Å². The first-order chi connectivity index (χ1) is 13.9. The van der Waals surface area contributed by atoms with Gasteiger partial charge in [0.25, 0.3) is 0 Å². The monoisotopic (exact) mass is 402 g/mol. The molecule has 29 heavy (non-hydrogen) atoms. The number of aliphatic hydroxyl groups excluding tert-OH is 1. The van der Waals surface area contributed by atoms with Crippen LogP contribution in [0.25, 0.3) is 0 Å². The number of amides is 1. The van der Waals surface area contributed by atoms with Crippen molar-refractivity contribution in [2.24, 2.45) is 0 Å². The van der Waals surface area contributed by atoms with E-state index in [-0.39, 0.29) is 11.9 Å². The topological polar surface area (TPSA) is 89.1 Å². The van der Waals surface area contributed by atoms with E-state index in [1.807, 2.05) is 18.2 Å². The molecule has 0 bridgehead atoms. The number of benzene rings is 2. The highest BCUT2D eigenvalue weighted by Crippen LogP contribution is 2.29. The lowest BCUT2D eigenvalue weighted by Crippen LogP contribution is -2.32. The first-order valence-electron chi connectivity index (χ1n) is 9.45. The summed E-state index contributed by atoms with van der Waals surface area (Å²) in [6.45, 7) is 3.86. The fraction of sp³-hybridized carbons (Fsp3) is 0.409. The van der Waals surface area contributed by atoms with Gasteiger partial charge in [-0.2, -0.15) is 0 Å². The molecule has 0 unspecified atom stereocenters. The zero-order valence-corrected chi connectivity index (χ0v) is 17.6. The molecule has 0 heterocycles. The number of carbonyl (C=O) groups excluding carboxylic acids is 1. The maximum absolute atomic E-state index is 11.4. The van der Waals surface area contributed by atoms with E-state index in [0.717, 1.165) is 12.0 Å². The van der Waals surface area contributed by atoms with Crippen molar-refractivity contribution in [1.29, 1.82) is 0 Å². The molecule has 0 aliphatic rings. The van der Waals surface area contributed by atoms with Crippen molar-refractivity contribution >= 4 is 11.6 Å². The van der Waals surface area contributed by atoms with Crippen LogP contribution in [0.1, 0.15) is 31.1 Å². The van der Waals surface area contributed by atoms with Gasteiger partial charge in [0, 0.05) is 19.5 Å². The lowest BCUT2D eigenvalue weighted by Gasteiger charge is -2.19. The molecule has 0 radical (unpaired) electrons. The quantitative estimate of drug-likeness (QED) is 0.566. The van der Waals surface area contributed by atoms with Crippen LogP contribution in [0.2, 0.25) is 0 Å². The van der Waals surface area contributed by atoms with E-state index in [4.69, 9.17) is 14.2 Å². The van der Waals surface area contributed by atoms with Crippen molar-refractivity contribution in [2.75, 3.05) is 33.2 Å². The zero-order valence-electron chi connectivity index (χ0n) is 17.6. The lowest BCUT2D eigenvalue weighted by molar-refractivity contribution is -0.114. The molecule has 2 aromatic carbocycles. The highest BCUT2D eigenvalue weighted by atomic mass is 16.5. The van der Waals surface area contributed by atoms with Gasteiger partial charge in [-0.1, -0.05) is 12.1 Å². The average molecular weight is 402 g/mol. The number of hydrogen-bond donors (Lipinski definition) is 3. The normalized spacial score (nSPS) is 12.8. The van der Waals surface area contributed by atoms with Crippen LogP contribution < -0.4 is 24.8 Å². The van der Waals surface area contributed by atoms with Crippen molar-refractivity contribution in [2.45, 2.75) is 32.4 Å². The smallest absolute Gasteiger partial charge is 0.221 e. The molecule has 7 nitrogen and oxygen atoms in total. The minimum atomic E-state index is -0.721. The second-order valence-electron chi connectivity index (χ2n) is 6.86. The predicted octanol–water partition coefficient (Wildman–Crippen LogP) is 2.93. The van der Waals surface area contributed by atoms with Crippen molar-refractivity contribution in [1.82, 2.24) is 5.32 Å². The SMILES string of the molecule is COc1ccc([C@@H](O)CN[C@H](C)Cc2ccc(OC)c(OC)c2)cc1NC(C)=O. The minimum absolute atomic E-state index is 0.135. The van der Waals surface area contributed by atoms with Gasteiger partial charge in [0.05, 0.1) is 33.1 Å². The standard InChI is InChI=1S/C22H30N2O5/c1-14(10-16-6-8-21(28-4)22(11-16)29-5)23-13-19(26)17-7-9-20(27-3)18(12-17)24-15(2)25/h6-9,11-12,14,19,23,26H,10,13H2,1-5H3,(H,24,25)/t14-,19+/m1/s1. The van der Waals surface area contributed by atoms with Gasteiger partial charge in [-0.25, -0.2) is 0 Å². The molecular weight excluding hydrogens is 372 g/mol. The van der Waals surface area contributed by atoms with E-state index in [1.54, 1.807) is 32.4 Å². The van der Waals surface area contributed by atoms with Gasteiger partial charge in [-0.05, 0) is 48.7 Å². The van der Waals surface area contributed by atoms with Gasteiger partial charge in [-0.3, -0.25) is 4.79 Å². The van der Waals surface area contributed by atoms with Crippen LogP contribution in [0.3, 0.4) is 0 Å². The van der Waals surface area contributed by atoms with E-state index in [0.29, 0.717) is 35.0 Å². The van der Waals surface area contributed by atoms with Crippen molar-refractivity contribution in [3.05, 3.63) is 47.5 Å². The molecule has 7 heteroatoms. The molecule has 2 atom stereocenters. The Hall–Kier alpha value is -2.77. The Balaban J connectivity index is 1.97. The second-order valence-corrected chi connectivity index (χ2v) is 6.86. The van der Waals surface area contributed by atoms with Crippen LogP contribution in [0.5, 0.6) is 17.2 Å². The maximum atomic E-state index is 11.4. The Bertz CT molecular complexity index is 825. The summed E-state index contributed by atoms with van der Waals surface area (Å²) in [5, 5.41) is 16.6. The first kappa shape index (κ1) is 22.5. The Labute approximate surface area is 172 Å². The second kappa shape index (κ2) is 10.7. The molecule has 0 aromatic heterocycles. The molecule has 158 valence electrons. The van der Waals surface area contributed by atoms with E-state index in [1.165, 1.54) is 14.0 Å². The molecule has 0 saturated heterocycles. The Morgan fingerprint density at radius 1 is 1.00 bits per heavy atom. The highest BCUT2D eigenvalue weighted by molar-refractivity contribution is 5.90. The number of carbonyl (C=O) groups is 1. The Morgan fingerprint density at radius 3 is 2.28 bits per heavy atom. The molecule has 1 amide bonds. The summed E-state index contributed by atoms with van der Waals surface area (Å²) in [5.41, 5.74) is 2.34. The fourth-order valence-electron chi connectivity index (χ4n) is 3.08. The number of hydrogen-bond acceptors (Lipinski definition) is 6. The van der Waals surface area contributed by atoms with Crippen LogP contribution in [0, 0.1) is 0 Å². The van der Waals surface area contributed by atoms with Crippen molar-refractivity contribution in [3.63, 3.8) is 0 Å². The number of rotatable bonds is 10. The largest absolute Gasteiger partial charge is 0.495 e. The van der Waals surface area contributed by atoms with Gasteiger partial charge < -0.3 is 30.0 Å². The molecule has 0 aliphatic carbocycles. The van der Waals surface area contributed by atoms with Crippen LogP contribution in [-0.2, 0) is 11.2 Å². The highest BCUT2D eigenvalue weighted by Gasteiger charge is 2.14. The van der Waals surface area contributed by atoms with Crippen LogP contribution in [-0.4, -0.2) is 44.9 Å². The van der Waals surface area contributed by atoms with Crippen LogP contribution in [0.4, 0.5) is 5.69 Å². The van der Waals surface area contributed by atoms with E-state index < -0.39 is 6.10 Å². The fourth-order valence-corrected chi connectivity index (χ4v) is 3.08. The third-order valence-corrected chi connectivity index (χ3v) is 4.57. The van der Waals surface area contributed by atoms with E-state index >= 15 is 0 Å². The third kappa shape index (κ3) is 6.37. The molecule has 2 aromatic rings. The van der Waals surface area contributed by atoms with Crippen LogP contribution in [0.15, 0.2) is 36.4 Å². The lowest BCUT2D eigenvalue weighted by atomic mass is 10.0. The Kier molecular flexibility index (Phi) is 8.30. The van der Waals surface area contributed by atoms with E-state index in [9.17, 15) is 9.90 Å². The number of anilines is 1. The first-order valence-corrected chi connectivity index (χ1v) is 9.45. The molecule has 0 aliphatic heterocycles. The number of methoxy groups -OCH3 is 3. The number of ether oxygens (including phenoxy) is 3. The van der Waals surface area contributed by atoms with Crippen LogP contribution >= 0.6 is 0 Å². The minimum Gasteiger partial charge on any atom is -0.495 e. The van der Waals surface area contributed by atoms with Gasteiger partial charge >= 0.3 is 0 Å². The summed E-state index contributed by atoms with van der Waals surface area (Å²) in [7, 11) is 4.76. The molecule has 0 spiro atoms. The number of nitrogens with one attached hydrogen (secondary N) is 2. The molecule has 0 saturated carbocycles. The third-order valence-electron chi connectivity index (χ3n) is 4.57. The molecule has 2 rings (SSSR count). The summed E-state index contributed by atoms with van der Waals surface area (Å²) < 4.78 is 15.9. The summed E-state index contributed by atoms with van der Waals surface area (Å²) in [6, 6.07) is 11.2. The predicted molar refractivity (Wildman–Crippen MR) is 113 cm³/mol. The summed E-state index contributed by atoms with van der Waals surface area (Å²) in [5.74, 6) is 1.74. The molecule has 3 N–H and O–H groups in total.